The third-order valence-electron chi connectivity index (χ3n) is 2.63. The van der Waals surface area contributed by atoms with Crippen LogP contribution in [0.25, 0.3) is 0 Å². The highest BCUT2D eigenvalue weighted by molar-refractivity contribution is 5.71. The summed E-state index contributed by atoms with van der Waals surface area (Å²) in [5.74, 6) is -1.24. The molecule has 0 spiro atoms. The van der Waals surface area contributed by atoms with Crippen LogP contribution in [0.1, 0.15) is 6.42 Å². The summed E-state index contributed by atoms with van der Waals surface area (Å²) in [5, 5.41) is 8.69. The number of alkyl halides is 3. The molecule has 6 nitrogen and oxygen atoms in total. The van der Waals surface area contributed by atoms with E-state index in [0.717, 1.165) is 4.90 Å². The van der Waals surface area contributed by atoms with Gasteiger partial charge in [0.25, 0.3) is 0 Å². The number of hydrogen-bond donors (Lipinski definition) is 1. The fraction of sp³-hybridized carbons (Fsp3) is 0.636. The summed E-state index contributed by atoms with van der Waals surface area (Å²) in [6.07, 6.45) is -7.07. The van der Waals surface area contributed by atoms with Crippen LogP contribution in [0.2, 0.25) is 0 Å². The van der Waals surface area contributed by atoms with E-state index in [-0.39, 0.29) is 6.61 Å². The van der Waals surface area contributed by atoms with Gasteiger partial charge in [-0.3, -0.25) is 9.69 Å². The molecule has 114 valence electrons. The van der Waals surface area contributed by atoms with Crippen molar-refractivity contribution in [2.45, 2.75) is 24.7 Å². The Kier molecular flexibility index (Phi) is 5.37. The second-order valence-electron chi connectivity index (χ2n) is 4.13. The minimum absolute atomic E-state index is 0.174. The lowest BCUT2D eigenvalue weighted by molar-refractivity contribution is -0.241. The molecule has 1 heterocycles. The fourth-order valence-corrected chi connectivity index (χ4v) is 1.70. The number of ether oxygens (including phenoxy) is 2. The molecule has 0 aromatic carbocycles. The number of carbonyl (C=O) groups is 2. The Morgan fingerprint density at radius 2 is 2.15 bits per heavy atom. The summed E-state index contributed by atoms with van der Waals surface area (Å²) < 4.78 is 47.0. The molecule has 0 radical (unpaired) electrons. The Balaban J connectivity index is 2.79. The fourth-order valence-electron chi connectivity index (χ4n) is 1.70. The normalized spacial score (nSPS) is 23.2. The molecule has 0 aromatic heterocycles. The number of hydrogen-bond acceptors (Lipinski definition) is 4. The van der Waals surface area contributed by atoms with Gasteiger partial charge in [0.05, 0.1) is 25.6 Å². The van der Waals surface area contributed by atoms with Crippen molar-refractivity contribution in [1.82, 2.24) is 4.90 Å². The lowest BCUT2D eigenvalue weighted by Crippen LogP contribution is -2.56. The number of aliphatic carboxylic acids is 1. The highest BCUT2D eigenvalue weighted by Crippen LogP contribution is 2.28. The Bertz CT molecular complexity index is 385. The summed E-state index contributed by atoms with van der Waals surface area (Å²) in [5.41, 5.74) is 0. The van der Waals surface area contributed by atoms with Crippen LogP contribution in [0.4, 0.5) is 18.0 Å². The van der Waals surface area contributed by atoms with E-state index in [0.29, 0.717) is 0 Å². The van der Waals surface area contributed by atoms with Gasteiger partial charge in [0.1, 0.15) is 6.61 Å². The molecular formula is C11H14F3NO5. The van der Waals surface area contributed by atoms with Gasteiger partial charge >= 0.3 is 18.2 Å². The monoisotopic (exact) mass is 297 g/mol. The third kappa shape index (κ3) is 4.41. The van der Waals surface area contributed by atoms with Crippen molar-refractivity contribution >= 4 is 12.1 Å². The maximum Gasteiger partial charge on any atom is 0.416 e. The van der Waals surface area contributed by atoms with Crippen LogP contribution in [-0.4, -0.2) is 60.1 Å². The van der Waals surface area contributed by atoms with Gasteiger partial charge in [0.15, 0.2) is 6.10 Å². The number of amides is 1. The molecule has 20 heavy (non-hydrogen) atoms. The quantitative estimate of drug-likeness (QED) is 0.794. The highest BCUT2D eigenvalue weighted by atomic mass is 19.4. The lowest BCUT2D eigenvalue weighted by Gasteiger charge is -2.38. The first-order valence-electron chi connectivity index (χ1n) is 5.70. The van der Waals surface area contributed by atoms with Crippen LogP contribution >= 0.6 is 0 Å². The first-order valence-corrected chi connectivity index (χ1v) is 5.70. The van der Waals surface area contributed by atoms with E-state index in [2.05, 4.69) is 16.1 Å². The zero-order valence-corrected chi connectivity index (χ0v) is 10.4. The van der Waals surface area contributed by atoms with Gasteiger partial charge in [-0.2, -0.15) is 13.2 Å². The molecule has 0 aromatic rings. The summed E-state index contributed by atoms with van der Waals surface area (Å²) in [6, 6.07) is -0.997. The topological polar surface area (TPSA) is 76.1 Å². The second-order valence-corrected chi connectivity index (χ2v) is 4.13. The number of rotatable bonds is 4. The number of carboxylic acid groups (broad SMARTS) is 1. The van der Waals surface area contributed by atoms with E-state index in [4.69, 9.17) is 5.11 Å². The van der Waals surface area contributed by atoms with Crippen LogP contribution in [0, 0.1) is 0 Å². The second kappa shape index (κ2) is 6.60. The number of nitrogens with zero attached hydrogens (tertiary/aromatic N) is 1. The molecule has 2 unspecified atom stereocenters. The van der Waals surface area contributed by atoms with Crippen LogP contribution in [0.5, 0.6) is 0 Å². The van der Waals surface area contributed by atoms with Gasteiger partial charge in [-0.25, -0.2) is 4.79 Å². The molecule has 1 rings (SSSR count). The number of carboxylic acids is 1. The lowest BCUT2D eigenvalue weighted by atomic mass is 10.1. The maximum absolute atomic E-state index is 12.6. The van der Waals surface area contributed by atoms with Gasteiger partial charge in [0, 0.05) is 0 Å². The van der Waals surface area contributed by atoms with E-state index >= 15 is 0 Å². The molecule has 1 aliphatic rings. The molecule has 0 aliphatic carbocycles. The molecule has 1 aliphatic heterocycles. The first kappa shape index (κ1) is 16.3. The average molecular weight is 297 g/mol. The van der Waals surface area contributed by atoms with Crippen LogP contribution in [-0.2, 0) is 14.3 Å². The SMILES string of the molecule is C=CCOC(=O)N1CC(C(F)(F)F)OCC1CC(=O)O. The molecule has 1 N–H and O–H groups in total. The van der Waals surface area contributed by atoms with Crippen LogP contribution in [0.3, 0.4) is 0 Å². The standard InChI is InChI=1S/C11H14F3NO5/c1-2-3-19-10(18)15-5-8(11(12,13)14)20-6-7(15)4-9(16)17/h2,7-8H,1,3-6H2,(H,16,17). The van der Waals surface area contributed by atoms with Gasteiger partial charge in [-0.15, -0.1) is 0 Å². The average Bonchev–Trinajstić information content (AvgIpc) is 2.34. The van der Waals surface area contributed by atoms with Crippen molar-refractivity contribution in [2.75, 3.05) is 19.8 Å². The van der Waals surface area contributed by atoms with Crippen molar-refractivity contribution in [3.63, 3.8) is 0 Å². The van der Waals surface area contributed by atoms with Crippen molar-refractivity contribution in [3.05, 3.63) is 12.7 Å². The van der Waals surface area contributed by atoms with Gasteiger partial charge in [-0.1, -0.05) is 12.7 Å². The molecule has 0 saturated carbocycles. The summed E-state index contributed by atoms with van der Waals surface area (Å²) in [4.78, 5) is 23.1. The van der Waals surface area contributed by atoms with E-state index in [1.165, 1.54) is 6.08 Å². The van der Waals surface area contributed by atoms with Crippen molar-refractivity contribution in [2.24, 2.45) is 0 Å². The van der Waals surface area contributed by atoms with Gasteiger partial charge in [-0.05, 0) is 0 Å². The molecular weight excluding hydrogens is 283 g/mol. The zero-order chi connectivity index (χ0) is 15.3. The van der Waals surface area contributed by atoms with Gasteiger partial charge in [0.2, 0.25) is 0 Å². The Morgan fingerprint density at radius 3 is 2.65 bits per heavy atom. The van der Waals surface area contributed by atoms with Crippen molar-refractivity contribution in [3.8, 4) is 0 Å². The Hall–Kier alpha value is -1.77. The Labute approximate surface area is 112 Å². The highest BCUT2D eigenvalue weighted by Gasteiger charge is 2.47. The van der Waals surface area contributed by atoms with E-state index in [1.807, 2.05) is 0 Å². The Morgan fingerprint density at radius 1 is 1.50 bits per heavy atom. The van der Waals surface area contributed by atoms with Crippen molar-refractivity contribution in [1.29, 1.82) is 0 Å². The largest absolute Gasteiger partial charge is 0.481 e. The smallest absolute Gasteiger partial charge is 0.416 e. The predicted octanol–water partition coefficient (Wildman–Crippen LogP) is 1.42. The van der Waals surface area contributed by atoms with E-state index in [1.54, 1.807) is 0 Å². The summed E-state index contributed by atoms with van der Waals surface area (Å²) >= 11 is 0. The molecule has 1 amide bonds. The minimum Gasteiger partial charge on any atom is -0.481 e. The third-order valence-corrected chi connectivity index (χ3v) is 2.63. The number of halogens is 3. The van der Waals surface area contributed by atoms with Crippen molar-refractivity contribution < 1.29 is 37.3 Å². The molecule has 1 saturated heterocycles. The molecule has 2 atom stereocenters. The first-order chi connectivity index (χ1) is 9.25. The van der Waals surface area contributed by atoms with E-state index < -0.39 is 50.0 Å². The molecule has 0 bridgehead atoms. The number of morpholine rings is 1. The summed E-state index contributed by atoms with van der Waals surface area (Å²) in [6.45, 7) is 1.82. The molecule has 1 fully saturated rings. The molecule has 9 heteroatoms. The maximum atomic E-state index is 12.6. The van der Waals surface area contributed by atoms with Crippen LogP contribution in [0.15, 0.2) is 12.7 Å². The predicted molar refractivity (Wildman–Crippen MR) is 60.1 cm³/mol. The number of carbonyl (C=O) groups excluding carboxylic acids is 1. The zero-order valence-electron chi connectivity index (χ0n) is 10.4. The summed E-state index contributed by atoms with van der Waals surface area (Å²) in [7, 11) is 0. The van der Waals surface area contributed by atoms with E-state index in [9.17, 15) is 22.8 Å². The van der Waals surface area contributed by atoms with Gasteiger partial charge < -0.3 is 14.6 Å². The minimum atomic E-state index is -4.63. The van der Waals surface area contributed by atoms with Crippen LogP contribution < -0.4 is 0 Å².